The standard InChI is InChI=1S/C15H22N4/c1-3-19-10-9-18-15(19)11-14(16-2)7-6-13-5-4-8-17-12-13/h4-5,8-10,12,14,16H,3,6-7,11H2,1-2H3. The average molecular weight is 258 g/mol. The molecule has 0 bridgehead atoms. The van der Waals surface area contributed by atoms with Crippen molar-refractivity contribution in [3.63, 3.8) is 0 Å². The van der Waals surface area contributed by atoms with Crippen LogP contribution in [0.25, 0.3) is 0 Å². The lowest BCUT2D eigenvalue weighted by molar-refractivity contribution is 0.497. The van der Waals surface area contributed by atoms with Gasteiger partial charge in [0.1, 0.15) is 5.82 Å². The molecular formula is C15H22N4. The number of hydrogen-bond acceptors (Lipinski definition) is 3. The fourth-order valence-corrected chi connectivity index (χ4v) is 2.27. The van der Waals surface area contributed by atoms with Crippen LogP contribution in [-0.4, -0.2) is 27.6 Å². The molecular weight excluding hydrogens is 236 g/mol. The summed E-state index contributed by atoms with van der Waals surface area (Å²) in [4.78, 5) is 8.60. The first-order valence-electron chi connectivity index (χ1n) is 6.89. The molecule has 0 aliphatic heterocycles. The van der Waals surface area contributed by atoms with E-state index in [-0.39, 0.29) is 0 Å². The SMILES string of the molecule is CCn1ccnc1CC(CCc1cccnc1)NC. The van der Waals surface area contributed by atoms with E-state index in [0.29, 0.717) is 6.04 Å². The van der Waals surface area contributed by atoms with E-state index in [9.17, 15) is 0 Å². The average Bonchev–Trinajstić information content (AvgIpc) is 2.91. The molecule has 1 N–H and O–H groups in total. The molecule has 2 aromatic heterocycles. The third kappa shape index (κ3) is 3.89. The minimum Gasteiger partial charge on any atom is -0.335 e. The summed E-state index contributed by atoms with van der Waals surface area (Å²) >= 11 is 0. The Hall–Kier alpha value is -1.68. The summed E-state index contributed by atoms with van der Waals surface area (Å²) in [6, 6.07) is 4.58. The van der Waals surface area contributed by atoms with Crippen LogP contribution >= 0.6 is 0 Å². The number of nitrogens with one attached hydrogen (secondary N) is 1. The lowest BCUT2D eigenvalue weighted by Crippen LogP contribution is -2.29. The minimum atomic E-state index is 0.452. The largest absolute Gasteiger partial charge is 0.335 e. The molecule has 0 aliphatic carbocycles. The molecule has 0 saturated heterocycles. The smallest absolute Gasteiger partial charge is 0.110 e. The number of nitrogens with zero attached hydrogens (tertiary/aromatic N) is 3. The fraction of sp³-hybridized carbons (Fsp3) is 0.467. The van der Waals surface area contributed by atoms with Crippen LogP contribution in [0.1, 0.15) is 24.7 Å². The monoisotopic (exact) mass is 258 g/mol. The predicted molar refractivity (Wildman–Crippen MR) is 77.0 cm³/mol. The summed E-state index contributed by atoms with van der Waals surface area (Å²) in [5.41, 5.74) is 1.29. The van der Waals surface area contributed by atoms with Gasteiger partial charge in [-0.3, -0.25) is 4.98 Å². The van der Waals surface area contributed by atoms with Crippen LogP contribution in [-0.2, 0) is 19.4 Å². The summed E-state index contributed by atoms with van der Waals surface area (Å²) in [6.07, 6.45) is 10.8. The number of aryl methyl sites for hydroxylation is 2. The molecule has 2 rings (SSSR count). The number of imidazole rings is 1. The molecule has 0 amide bonds. The van der Waals surface area contributed by atoms with Crippen LogP contribution < -0.4 is 5.32 Å². The zero-order valence-electron chi connectivity index (χ0n) is 11.7. The van der Waals surface area contributed by atoms with E-state index in [1.54, 1.807) is 0 Å². The topological polar surface area (TPSA) is 42.7 Å². The van der Waals surface area contributed by atoms with Crippen molar-refractivity contribution in [2.45, 2.75) is 38.8 Å². The molecule has 0 radical (unpaired) electrons. The summed E-state index contributed by atoms with van der Waals surface area (Å²) in [5.74, 6) is 1.16. The molecule has 2 aromatic rings. The Bertz CT molecular complexity index is 478. The maximum Gasteiger partial charge on any atom is 0.110 e. The molecule has 19 heavy (non-hydrogen) atoms. The van der Waals surface area contributed by atoms with Gasteiger partial charge in [0.2, 0.25) is 0 Å². The second kappa shape index (κ2) is 7.04. The maximum absolute atomic E-state index is 4.44. The van der Waals surface area contributed by atoms with Crippen LogP contribution in [0.15, 0.2) is 36.9 Å². The maximum atomic E-state index is 4.44. The second-order valence-corrected chi connectivity index (χ2v) is 4.72. The highest BCUT2D eigenvalue weighted by atomic mass is 15.1. The van der Waals surface area contributed by atoms with Gasteiger partial charge in [-0.2, -0.15) is 0 Å². The van der Waals surface area contributed by atoms with Crippen molar-refractivity contribution in [1.29, 1.82) is 0 Å². The van der Waals surface area contributed by atoms with Gasteiger partial charge in [0.15, 0.2) is 0 Å². The summed E-state index contributed by atoms with van der Waals surface area (Å²) in [6.45, 7) is 3.13. The molecule has 4 heteroatoms. The molecule has 0 aliphatic rings. The number of likely N-dealkylation sites (N-methyl/N-ethyl adjacent to an activating group) is 1. The van der Waals surface area contributed by atoms with E-state index in [4.69, 9.17) is 0 Å². The van der Waals surface area contributed by atoms with Gasteiger partial charge in [0.25, 0.3) is 0 Å². The third-order valence-electron chi connectivity index (χ3n) is 3.48. The van der Waals surface area contributed by atoms with Crippen molar-refractivity contribution >= 4 is 0 Å². The van der Waals surface area contributed by atoms with Crippen molar-refractivity contribution in [3.8, 4) is 0 Å². The Kier molecular flexibility index (Phi) is 5.10. The van der Waals surface area contributed by atoms with Gasteiger partial charge >= 0.3 is 0 Å². The van der Waals surface area contributed by atoms with Crippen LogP contribution in [0, 0.1) is 0 Å². The van der Waals surface area contributed by atoms with Crippen LogP contribution in [0.2, 0.25) is 0 Å². The molecule has 2 heterocycles. The molecule has 0 aromatic carbocycles. The van der Waals surface area contributed by atoms with Crippen LogP contribution in [0.5, 0.6) is 0 Å². The summed E-state index contributed by atoms with van der Waals surface area (Å²) < 4.78 is 2.20. The van der Waals surface area contributed by atoms with Crippen LogP contribution in [0.3, 0.4) is 0 Å². The highest BCUT2D eigenvalue weighted by Crippen LogP contribution is 2.08. The van der Waals surface area contributed by atoms with Crippen molar-refractivity contribution in [2.75, 3.05) is 7.05 Å². The molecule has 1 unspecified atom stereocenters. The lowest BCUT2D eigenvalue weighted by atomic mass is 10.0. The van der Waals surface area contributed by atoms with Gasteiger partial charge in [-0.05, 0) is 38.4 Å². The number of pyridine rings is 1. The molecule has 0 spiro atoms. The van der Waals surface area contributed by atoms with E-state index < -0.39 is 0 Å². The Morgan fingerprint density at radius 3 is 2.95 bits per heavy atom. The highest BCUT2D eigenvalue weighted by molar-refractivity contribution is 5.09. The molecule has 1 atom stereocenters. The molecule has 102 valence electrons. The molecule has 0 fully saturated rings. The first kappa shape index (κ1) is 13.7. The van der Waals surface area contributed by atoms with E-state index >= 15 is 0 Å². The van der Waals surface area contributed by atoms with Gasteiger partial charge in [0, 0.05) is 43.8 Å². The van der Waals surface area contributed by atoms with Crippen molar-refractivity contribution in [1.82, 2.24) is 19.9 Å². The highest BCUT2D eigenvalue weighted by Gasteiger charge is 2.11. The first-order chi connectivity index (χ1) is 9.33. The van der Waals surface area contributed by atoms with Gasteiger partial charge in [-0.1, -0.05) is 6.07 Å². The molecule has 4 nitrogen and oxygen atoms in total. The van der Waals surface area contributed by atoms with E-state index in [1.165, 1.54) is 5.56 Å². The lowest BCUT2D eigenvalue weighted by Gasteiger charge is -2.16. The van der Waals surface area contributed by atoms with Crippen LogP contribution in [0.4, 0.5) is 0 Å². The third-order valence-corrected chi connectivity index (χ3v) is 3.48. The Balaban J connectivity index is 1.90. The Labute approximate surface area is 114 Å². The quantitative estimate of drug-likeness (QED) is 0.826. The number of aromatic nitrogens is 3. The Morgan fingerprint density at radius 2 is 2.26 bits per heavy atom. The van der Waals surface area contributed by atoms with Crippen molar-refractivity contribution in [3.05, 3.63) is 48.3 Å². The van der Waals surface area contributed by atoms with E-state index in [1.807, 2.05) is 37.9 Å². The zero-order chi connectivity index (χ0) is 13.5. The second-order valence-electron chi connectivity index (χ2n) is 4.72. The van der Waals surface area contributed by atoms with Gasteiger partial charge < -0.3 is 9.88 Å². The predicted octanol–water partition coefficient (Wildman–Crippen LogP) is 2.06. The van der Waals surface area contributed by atoms with Crippen molar-refractivity contribution < 1.29 is 0 Å². The van der Waals surface area contributed by atoms with Gasteiger partial charge in [-0.15, -0.1) is 0 Å². The number of hydrogen-bond donors (Lipinski definition) is 1. The zero-order valence-corrected chi connectivity index (χ0v) is 11.7. The fourth-order valence-electron chi connectivity index (χ4n) is 2.27. The summed E-state index contributed by atoms with van der Waals surface area (Å²) in [5, 5.41) is 3.39. The van der Waals surface area contributed by atoms with E-state index in [2.05, 4.69) is 32.8 Å². The minimum absolute atomic E-state index is 0.452. The van der Waals surface area contributed by atoms with E-state index in [0.717, 1.165) is 31.6 Å². The van der Waals surface area contributed by atoms with Gasteiger partial charge in [-0.25, -0.2) is 4.98 Å². The van der Waals surface area contributed by atoms with Gasteiger partial charge in [0.05, 0.1) is 0 Å². The first-order valence-corrected chi connectivity index (χ1v) is 6.89. The normalized spacial score (nSPS) is 12.5. The van der Waals surface area contributed by atoms with Crippen molar-refractivity contribution in [2.24, 2.45) is 0 Å². The number of rotatable bonds is 7. The Morgan fingerprint density at radius 1 is 1.37 bits per heavy atom. The summed E-state index contributed by atoms with van der Waals surface area (Å²) in [7, 11) is 2.02. The molecule has 0 saturated carbocycles.